The van der Waals surface area contributed by atoms with E-state index in [9.17, 15) is 4.79 Å². The zero-order chi connectivity index (χ0) is 11.7. The Hall–Kier alpha value is -1.38. The van der Waals surface area contributed by atoms with Crippen molar-refractivity contribution in [1.82, 2.24) is 0 Å². The third-order valence-corrected chi connectivity index (χ3v) is 3.82. The van der Waals surface area contributed by atoms with Crippen LogP contribution in [0.15, 0.2) is 22.7 Å². The van der Waals surface area contributed by atoms with Crippen LogP contribution in [0, 0.1) is 11.3 Å². The van der Waals surface area contributed by atoms with E-state index in [1.807, 2.05) is 0 Å². The van der Waals surface area contributed by atoms with Gasteiger partial charge in [-0.1, -0.05) is 15.9 Å². The number of esters is 1. The van der Waals surface area contributed by atoms with Gasteiger partial charge in [0.15, 0.2) is 0 Å². The molecule has 3 nitrogen and oxygen atoms in total. The third kappa shape index (κ3) is 1.82. The lowest BCUT2D eigenvalue weighted by Gasteiger charge is -1.93. The second-order valence-electron chi connectivity index (χ2n) is 3.08. The number of nitrogens with zero attached hydrogens (tertiary/aromatic N) is 1. The molecule has 1 heterocycles. The summed E-state index contributed by atoms with van der Waals surface area (Å²) in [7, 11) is 1.35. The van der Waals surface area contributed by atoms with E-state index in [-0.39, 0.29) is 5.97 Å². The van der Waals surface area contributed by atoms with Crippen molar-refractivity contribution in [1.29, 1.82) is 5.26 Å². The Morgan fingerprint density at radius 2 is 2.25 bits per heavy atom. The minimum absolute atomic E-state index is 0.355. The van der Waals surface area contributed by atoms with Gasteiger partial charge in [-0.2, -0.15) is 5.26 Å². The molecule has 0 aliphatic heterocycles. The summed E-state index contributed by atoms with van der Waals surface area (Å²) in [5, 5.41) is 9.75. The standard InChI is InChI=1S/C11H6BrNO2S/c1-15-11(14)10-4-7-8(12)2-6(5-13)3-9(7)16-10/h2-4H,1H3. The quantitative estimate of drug-likeness (QED) is 0.758. The average molecular weight is 296 g/mol. The summed E-state index contributed by atoms with van der Waals surface area (Å²) < 4.78 is 6.36. The molecule has 0 atom stereocenters. The number of hydrogen-bond acceptors (Lipinski definition) is 4. The number of methoxy groups -OCH3 is 1. The van der Waals surface area contributed by atoms with Crippen molar-refractivity contribution in [3.63, 3.8) is 0 Å². The zero-order valence-corrected chi connectivity index (χ0v) is 10.7. The first-order chi connectivity index (χ1) is 7.65. The van der Waals surface area contributed by atoms with E-state index in [0.29, 0.717) is 10.4 Å². The molecule has 0 saturated carbocycles. The average Bonchev–Trinajstić information content (AvgIpc) is 2.72. The number of benzene rings is 1. The van der Waals surface area contributed by atoms with Crippen LogP contribution in [0.5, 0.6) is 0 Å². The van der Waals surface area contributed by atoms with E-state index in [2.05, 4.69) is 26.7 Å². The van der Waals surface area contributed by atoms with Crippen molar-refractivity contribution in [2.75, 3.05) is 7.11 Å². The Morgan fingerprint density at radius 1 is 1.50 bits per heavy atom. The van der Waals surface area contributed by atoms with E-state index in [1.54, 1.807) is 18.2 Å². The molecule has 0 bridgehead atoms. The van der Waals surface area contributed by atoms with Gasteiger partial charge in [-0.15, -0.1) is 11.3 Å². The molecule has 2 rings (SSSR count). The van der Waals surface area contributed by atoms with Gasteiger partial charge in [0.2, 0.25) is 0 Å². The first-order valence-corrected chi connectivity index (χ1v) is 5.98. The summed E-state index contributed by atoms with van der Waals surface area (Å²) in [6, 6.07) is 7.33. The second-order valence-corrected chi connectivity index (χ2v) is 5.02. The fraction of sp³-hybridized carbons (Fsp3) is 0.0909. The largest absolute Gasteiger partial charge is 0.465 e. The zero-order valence-electron chi connectivity index (χ0n) is 8.28. The highest BCUT2D eigenvalue weighted by molar-refractivity contribution is 9.10. The molecule has 0 saturated heterocycles. The molecule has 16 heavy (non-hydrogen) atoms. The number of carbonyl (C=O) groups excluding carboxylic acids is 1. The highest BCUT2D eigenvalue weighted by Gasteiger charge is 2.12. The fourth-order valence-electron chi connectivity index (χ4n) is 1.36. The van der Waals surface area contributed by atoms with E-state index in [0.717, 1.165) is 14.6 Å². The Morgan fingerprint density at radius 3 is 2.88 bits per heavy atom. The van der Waals surface area contributed by atoms with Crippen LogP contribution in [-0.2, 0) is 4.74 Å². The molecule has 1 aromatic carbocycles. The van der Waals surface area contributed by atoms with Gasteiger partial charge in [-0.3, -0.25) is 0 Å². The number of halogens is 1. The number of fused-ring (bicyclic) bond motifs is 1. The normalized spacial score (nSPS) is 10.1. The minimum Gasteiger partial charge on any atom is -0.465 e. The molecular formula is C11H6BrNO2S. The van der Waals surface area contributed by atoms with E-state index < -0.39 is 0 Å². The summed E-state index contributed by atoms with van der Waals surface area (Å²) >= 11 is 4.69. The first-order valence-electron chi connectivity index (χ1n) is 4.37. The SMILES string of the molecule is COC(=O)c1cc2c(Br)cc(C#N)cc2s1. The van der Waals surface area contributed by atoms with Crippen LogP contribution in [0.25, 0.3) is 10.1 Å². The lowest BCUT2D eigenvalue weighted by molar-refractivity contribution is 0.0606. The Bertz CT molecular complexity index is 612. The van der Waals surface area contributed by atoms with Crippen molar-refractivity contribution in [2.45, 2.75) is 0 Å². The molecule has 0 radical (unpaired) electrons. The summed E-state index contributed by atoms with van der Waals surface area (Å²) in [4.78, 5) is 11.9. The molecule has 1 aromatic heterocycles. The van der Waals surface area contributed by atoms with E-state index in [1.165, 1.54) is 18.4 Å². The predicted molar refractivity (Wildman–Crippen MR) is 65.6 cm³/mol. The molecule has 2 aromatic rings. The summed E-state index contributed by atoms with van der Waals surface area (Å²) in [6.45, 7) is 0. The predicted octanol–water partition coefficient (Wildman–Crippen LogP) is 3.32. The van der Waals surface area contributed by atoms with Gasteiger partial charge in [0.1, 0.15) is 4.88 Å². The van der Waals surface area contributed by atoms with Crippen molar-refractivity contribution < 1.29 is 9.53 Å². The lowest BCUT2D eigenvalue weighted by atomic mass is 10.2. The van der Waals surface area contributed by atoms with Gasteiger partial charge in [0, 0.05) is 14.6 Å². The number of carbonyl (C=O) groups is 1. The number of thiophene rings is 1. The van der Waals surface area contributed by atoms with E-state index in [4.69, 9.17) is 5.26 Å². The van der Waals surface area contributed by atoms with Gasteiger partial charge in [0.05, 0.1) is 18.7 Å². The number of hydrogen-bond donors (Lipinski definition) is 0. The van der Waals surface area contributed by atoms with Gasteiger partial charge in [-0.05, 0) is 18.2 Å². The molecule has 0 fully saturated rings. The molecule has 0 aliphatic rings. The molecule has 0 N–H and O–H groups in total. The highest BCUT2D eigenvalue weighted by atomic mass is 79.9. The van der Waals surface area contributed by atoms with Gasteiger partial charge in [-0.25, -0.2) is 4.79 Å². The summed E-state index contributed by atoms with van der Waals surface area (Å²) in [5.74, 6) is -0.355. The fourth-order valence-corrected chi connectivity index (χ4v) is 3.11. The Labute approximate surface area is 104 Å². The maximum atomic E-state index is 11.4. The second kappa shape index (κ2) is 4.24. The smallest absolute Gasteiger partial charge is 0.348 e. The van der Waals surface area contributed by atoms with Crippen molar-refractivity contribution in [3.05, 3.63) is 33.1 Å². The molecule has 0 aliphatic carbocycles. The van der Waals surface area contributed by atoms with Crippen LogP contribution in [0.1, 0.15) is 15.2 Å². The molecule has 80 valence electrons. The molecular weight excluding hydrogens is 290 g/mol. The minimum atomic E-state index is -0.355. The summed E-state index contributed by atoms with van der Waals surface area (Å²) in [6.07, 6.45) is 0. The number of ether oxygens (including phenoxy) is 1. The van der Waals surface area contributed by atoms with Crippen molar-refractivity contribution in [2.24, 2.45) is 0 Å². The van der Waals surface area contributed by atoms with Gasteiger partial charge >= 0.3 is 5.97 Å². The monoisotopic (exact) mass is 295 g/mol. The highest BCUT2D eigenvalue weighted by Crippen LogP contribution is 2.32. The third-order valence-electron chi connectivity index (χ3n) is 2.10. The Balaban J connectivity index is 2.67. The van der Waals surface area contributed by atoms with Crippen LogP contribution < -0.4 is 0 Å². The summed E-state index contributed by atoms with van der Waals surface area (Å²) in [5.41, 5.74) is 0.567. The molecule has 0 spiro atoms. The van der Waals surface area contributed by atoms with Crippen molar-refractivity contribution >= 4 is 43.3 Å². The van der Waals surface area contributed by atoms with Gasteiger partial charge in [0.25, 0.3) is 0 Å². The maximum absolute atomic E-state index is 11.4. The first kappa shape index (κ1) is 11.1. The topological polar surface area (TPSA) is 50.1 Å². The van der Waals surface area contributed by atoms with Crippen LogP contribution in [0.2, 0.25) is 0 Å². The Kier molecular flexibility index (Phi) is 2.95. The maximum Gasteiger partial charge on any atom is 0.348 e. The van der Waals surface area contributed by atoms with Crippen LogP contribution in [0.3, 0.4) is 0 Å². The van der Waals surface area contributed by atoms with Crippen LogP contribution >= 0.6 is 27.3 Å². The van der Waals surface area contributed by atoms with Gasteiger partial charge < -0.3 is 4.74 Å². The molecule has 0 unspecified atom stereocenters. The molecule has 0 amide bonds. The van der Waals surface area contributed by atoms with Crippen LogP contribution in [0.4, 0.5) is 0 Å². The van der Waals surface area contributed by atoms with E-state index >= 15 is 0 Å². The number of rotatable bonds is 1. The van der Waals surface area contributed by atoms with Crippen molar-refractivity contribution in [3.8, 4) is 6.07 Å². The lowest BCUT2D eigenvalue weighted by Crippen LogP contribution is -1.96. The molecule has 5 heteroatoms. The number of nitriles is 1. The van der Waals surface area contributed by atoms with Crippen LogP contribution in [-0.4, -0.2) is 13.1 Å².